The van der Waals surface area contributed by atoms with Crippen molar-refractivity contribution in [2.75, 3.05) is 21.3 Å². The summed E-state index contributed by atoms with van der Waals surface area (Å²) < 4.78 is 15.9. The number of hydrogen-bond acceptors (Lipinski definition) is 5. The van der Waals surface area contributed by atoms with Gasteiger partial charge in [0.2, 0.25) is 11.8 Å². The summed E-state index contributed by atoms with van der Waals surface area (Å²) in [6.45, 7) is 0.344. The maximum absolute atomic E-state index is 12.6. The standard InChI is InChI=1S/C24H30N2O5/c1-29-19-9-7-17(8-10-19)15-24(14-12-22(28)26-24)13-11-21(27)25-16-18-5-4-6-20(30-2)23(18)31-3/h4-10H,11-16H2,1-3H3,(H,25,27)(H,26,28). The zero-order valence-electron chi connectivity index (χ0n) is 18.3. The summed E-state index contributed by atoms with van der Waals surface area (Å²) in [6.07, 6.45) is 2.78. The first-order chi connectivity index (χ1) is 15.0. The van der Waals surface area contributed by atoms with E-state index in [9.17, 15) is 9.59 Å². The van der Waals surface area contributed by atoms with E-state index in [1.54, 1.807) is 21.3 Å². The van der Waals surface area contributed by atoms with Gasteiger partial charge in [0.15, 0.2) is 11.5 Å². The molecule has 2 aromatic rings. The molecule has 7 heteroatoms. The topological polar surface area (TPSA) is 85.9 Å². The number of carbonyl (C=O) groups excluding carboxylic acids is 2. The first-order valence-corrected chi connectivity index (χ1v) is 10.4. The van der Waals surface area contributed by atoms with E-state index in [2.05, 4.69) is 10.6 Å². The number of para-hydroxylation sites is 1. The zero-order valence-corrected chi connectivity index (χ0v) is 18.3. The number of methoxy groups -OCH3 is 3. The number of rotatable bonds is 10. The summed E-state index contributed by atoms with van der Waals surface area (Å²) >= 11 is 0. The molecule has 31 heavy (non-hydrogen) atoms. The van der Waals surface area contributed by atoms with E-state index in [0.717, 1.165) is 23.3 Å². The molecule has 0 radical (unpaired) electrons. The molecular weight excluding hydrogens is 396 g/mol. The molecule has 1 aliphatic heterocycles. The molecule has 1 fully saturated rings. The highest BCUT2D eigenvalue weighted by Crippen LogP contribution is 2.31. The van der Waals surface area contributed by atoms with Crippen LogP contribution in [-0.2, 0) is 22.6 Å². The predicted octanol–water partition coefficient (Wildman–Crippen LogP) is 3.00. The summed E-state index contributed by atoms with van der Waals surface area (Å²) in [5, 5.41) is 6.07. The first-order valence-electron chi connectivity index (χ1n) is 10.4. The third kappa shape index (κ3) is 5.69. The van der Waals surface area contributed by atoms with Crippen LogP contribution in [0.5, 0.6) is 17.2 Å². The van der Waals surface area contributed by atoms with Gasteiger partial charge in [0, 0.05) is 30.5 Å². The van der Waals surface area contributed by atoms with Crippen molar-refractivity contribution in [2.24, 2.45) is 0 Å². The lowest BCUT2D eigenvalue weighted by Gasteiger charge is -2.29. The molecule has 0 saturated carbocycles. The lowest BCUT2D eigenvalue weighted by Crippen LogP contribution is -2.44. The molecule has 0 bridgehead atoms. The molecule has 0 aliphatic carbocycles. The van der Waals surface area contributed by atoms with E-state index in [0.29, 0.717) is 43.7 Å². The van der Waals surface area contributed by atoms with Gasteiger partial charge in [0.05, 0.1) is 21.3 Å². The Morgan fingerprint density at radius 1 is 1.06 bits per heavy atom. The van der Waals surface area contributed by atoms with Crippen LogP contribution < -0.4 is 24.8 Å². The molecule has 2 N–H and O–H groups in total. The van der Waals surface area contributed by atoms with Crippen molar-refractivity contribution in [2.45, 2.75) is 44.2 Å². The van der Waals surface area contributed by atoms with Gasteiger partial charge in [-0.05, 0) is 43.0 Å². The quantitative estimate of drug-likeness (QED) is 0.610. The highest BCUT2D eigenvalue weighted by molar-refractivity contribution is 5.80. The molecule has 3 rings (SSSR count). The van der Waals surface area contributed by atoms with Crippen LogP contribution in [-0.4, -0.2) is 38.7 Å². The van der Waals surface area contributed by atoms with Crippen LogP contribution in [0.15, 0.2) is 42.5 Å². The van der Waals surface area contributed by atoms with Crippen LogP contribution in [0.1, 0.15) is 36.8 Å². The Morgan fingerprint density at radius 3 is 2.45 bits per heavy atom. The van der Waals surface area contributed by atoms with E-state index >= 15 is 0 Å². The van der Waals surface area contributed by atoms with Crippen LogP contribution in [0.2, 0.25) is 0 Å². The molecule has 1 atom stereocenters. The fourth-order valence-corrected chi connectivity index (χ4v) is 4.04. The fraction of sp³-hybridized carbons (Fsp3) is 0.417. The summed E-state index contributed by atoms with van der Waals surface area (Å²) in [6, 6.07) is 13.4. The van der Waals surface area contributed by atoms with E-state index in [4.69, 9.17) is 14.2 Å². The molecule has 166 valence electrons. The van der Waals surface area contributed by atoms with Gasteiger partial charge in [0.25, 0.3) is 0 Å². The lowest BCUT2D eigenvalue weighted by atomic mass is 9.85. The number of benzene rings is 2. The van der Waals surface area contributed by atoms with Crippen LogP contribution in [0.25, 0.3) is 0 Å². The zero-order chi connectivity index (χ0) is 22.3. The normalized spacial score (nSPS) is 17.7. The van der Waals surface area contributed by atoms with Crippen molar-refractivity contribution in [1.82, 2.24) is 10.6 Å². The Kier molecular flexibility index (Phi) is 7.39. The van der Waals surface area contributed by atoms with Gasteiger partial charge in [-0.1, -0.05) is 24.3 Å². The fourth-order valence-electron chi connectivity index (χ4n) is 4.04. The van der Waals surface area contributed by atoms with Gasteiger partial charge in [-0.3, -0.25) is 9.59 Å². The van der Waals surface area contributed by atoms with Gasteiger partial charge >= 0.3 is 0 Å². The molecule has 1 saturated heterocycles. The van der Waals surface area contributed by atoms with Crippen molar-refractivity contribution in [3.8, 4) is 17.2 Å². The van der Waals surface area contributed by atoms with Crippen LogP contribution in [0, 0.1) is 0 Å². The Labute approximate surface area is 183 Å². The average Bonchev–Trinajstić information content (AvgIpc) is 3.16. The minimum atomic E-state index is -0.406. The molecule has 7 nitrogen and oxygen atoms in total. The molecule has 0 aromatic heterocycles. The Morgan fingerprint density at radius 2 is 1.84 bits per heavy atom. The molecular formula is C24H30N2O5. The molecule has 2 amide bonds. The molecule has 0 spiro atoms. The maximum Gasteiger partial charge on any atom is 0.220 e. The van der Waals surface area contributed by atoms with Crippen molar-refractivity contribution in [3.05, 3.63) is 53.6 Å². The molecule has 1 aliphatic rings. The van der Waals surface area contributed by atoms with Crippen molar-refractivity contribution in [3.63, 3.8) is 0 Å². The van der Waals surface area contributed by atoms with Crippen molar-refractivity contribution >= 4 is 11.8 Å². The second-order valence-corrected chi connectivity index (χ2v) is 7.78. The van der Waals surface area contributed by atoms with E-state index in [1.165, 1.54) is 0 Å². The second kappa shape index (κ2) is 10.2. The SMILES string of the molecule is COc1ccc(CC2(CCC(=O)NCc3cccc(OC)c3OC)CCC(=O)N2)cc1. The molecule has 1 heterocycles. The Bertz CT molecular complexity index is 913. The van der Waals surface area contributed by atoms with E-state index in [1.807, 2.05) is 42.5 Å². The van der Waals surface area contributed by atoms with Crippen molar-refractivity contribution in [1.29, 1.82) is 0 Å². The van der Waals surface area contributed by atoms with Crippen molar-refractivity contribution < 1.29 is 23.8 Å². The summed E-state index contributed by atoms with van der Waals surface area (Å²) in [7, 11) is 4.79. The lowest BCUT2D eigenvalue weighted by molar-refractivity contribution is -0.122. The van der Waals surface area contributed by atoms with Gasteiger partial charge in [-0.15, -0.1) is 0 Å². The Hall–Kier alpha value is -3.22. The van der Waals surface area contributed by atoms with E-state index < -0.39 is 5.54 Å². The minimum absolute atomic E-state index is 0.0371. The maximum atomic E-state index is 12.6. The van der Waals surface area contributed by atoms with Gasteiger partial charge < -0.3 is 24.8 Å². The first kappa shape index (κ1) is 22.5. The average molecular weight is 427 g/mol. The molecule has 2 aromatic carbocycles. The van der Waals surface area contributed by atoms with Crippen LogP contribution in [0.4, 0.5) is 0 Å². The van der Waals surface area contributed by atoms with Gasteiger partial charge in [0.1, 0.15) is 5.75 Å². The monoisotopic (exact) mass is 426 g/mol. The number of nitrogens with one attached hydrogen (secondary N) is 2. The van der Waals surface area contributed by atoms with E-state index in [-0.39, 0.29) is 11.8 Å². The number of amides is 2. The third-order valence-corrected chi connectivity index (χ3v) is 5.73. The van der Waals surface area contributed by atoms with Gasteiger partial charge in [-0.2, -0.15) is 0 Å². The summed E-state index contributed by atoms with van der Waals surface area (Å²) in [5.41, 5.74) is 1.54. The summed E-state index contributed by atoms with van der Waals surface area (Å²) in [4.78, 5) is 24.6. The third-order valence-electron chi connectivity index (χ3n) is 5.73. The number of hydrogen-bond donors (Lipinski definition) is 2. The number of carbonyl (C=O) groups is 2. The second-order valence-electron chi connectivity index (χ2n) is 7.78. The number of ether oxygens (including phenoxy) is 3. The smallest absolute Gasteiger partial charge is 0.220 e. The van der Waals surface area contributed by atoms with Crippen LogP contribution >= 0.6 is 0 Å². The predicted molar refractivity (Wildman–Crippen MR) is 117 cm³/mol. The minimum Gasteiger partial charge on any atom is -0.497 e. The van der Waals surface area contributed by atoms with Gasteiger partial charge in [-0.25, -0.2) is 0 Å². The summed E-state index contributed by atoms with van der Waals surface area (Å²) in [5.74, 6) is 2.00. The highest BCUT2D eigenvalue weighted by Gasteiger charge is 2.37. The van der Waals surface area contributed by atoms with Crippen LogP contribution in [0.3, 0.4) is 0 Å². The highest BCUT2D eigenvalue weighted by atomic mass is 16.5. The molecule has 1 unspecified atom stereocenters. The Balaban J connectivity index is 1.60. The largest absolute Gasteiger partial charge is 0.497 e.